The molecule has 0 radical (unpaired) electrons. The standard InChI is InChI=1S/C14H26N2O/c15-13-10-17-9-12(13)8-16-7-3-5-11-4-1-2-6-14(11)16/h11-14H,1-10,15H2/t11-,12?,13?,14-/m1/s1. The lowest BCUT2D eigenvalue weighted by molar-refractivity contribution is 0.0448. The predicted molar refractivity (Wildman–Crippen MR) is 68.8 cm³/mol. The van der Waals surface area contributed by atoms with Crippen LogP contribution in [0, 0.1) is 11.8 Å². The zero-order chi connectivity index (χ0) is 11.7. The second-order valence-electron chi connectivity index (χ2n) is 6.21. The summed E-state index contributed by atoms with van der Waals surface area (Å²) in [6, 6.07) is 1.14. The number of likely N-dealkylation sites (tertiary alicyclic amines) is 1. The Hall–Kier alpha value is -0.120. The highest BCUT2D eigenvalue weighted by Crippen LogP contribution is 2.35. The van der Waals surface area contributed by atoms with Gasteiger partial charge in [-0.05, 0) is 38.1 Å². The molecule has 0 aromatic rings. The van der Waals surface area contributed by atoms with Gasteiger partial charge >= 0.3 is 0 Å². The van der Waals surface area contributed by atoms with Crippen molar-refractivity contribution in [1.29, 1.82) is 0 Å². The average molecular weight is 238 g/mol. The van der Waals surface area contributed by atoms with E-state index in [2.05, 4.69) is 4.90 Å². The van der Waals surface area contributed by atoms with Gasteiger partial charge in [0.15, 0.2) is 0 Å². The Kier molecular flexibility index (Phi) is 3.69. The minimum atomic E-state index is 0.277. The number of rotatable bonds is 2. The van der Waals surface area contributed by atoms with E-state index in [0.717, 1.165) is 25.2 Å². The van der Waals surface area contributed by atoms with Gasteiger partial charge in [-0.15, -0.1) is 0 Å². The van der Waals surface area contributed by atoms with Gasteiger partial charge in [0.2, 0.25) is 0 Å². The lowest BCUT2D eigenvalue weighted by Crippen LogP contribution is -2.50. The molecule has 2 unspecified atom stereocenters. The average Bonchev–Trinajstić information content (AvgIpc) is 2.76. The highest BCUT2D eigenvalue weighted by atomic mass is 16.5. The third-order valence-corrected chi connectivity index (χ3v) is 5.07. The quantitative estimate of drug-likeness (QED) is 0.794. The smallest absolute Gasteiger partial charge is 0.0621 e. The molecule has 3 aliphatic rings. The summed E-state index contributed by atoms with van der Waals surface area (Å²) in [5.74, 6) is 1.56. The molecular weight excluding hydrogens is 212 g/mol. The van der Waals surface area contributed by atoms with Crippen molar-refractivity contribution in [3.8, 4) is 0 Å². The molecule has 3 rings (SSSR count). The lowest BCUT2D eigenvalue weighted by atomic mass is 9.78. The van der Waals surface area contributed by atoms with E-state index in [1.807, 2.05) is 0 Å². The number of nitrogens with two attached hydrogens (primary N) is 1. The number of nitrogens with zero attached hydrogens (tertiary/aromatic N) is 1. The molecule has 2 N–H and O–H groups in total. The van der Waals surface area contributed by atoms with Crippen LogP contribution >= 0.6 is 0 Å². The summed E-state index contributed by atoms with van der Waals surface area (Å²) in [5.41, 5.74) is 6.11. The molecule has 0 amide bonds. The third kappa shape index (κ3) is 2.51. The molecule has 98 valence electrons. The summed E-state index contributed by atoms with van der Waals surface area (Å²) in [6.07, 6.45) is 8.65. The van der Waals surface area contributed by atoms with Crippen LogP contribution in [0.15, 0.2) is 0 Å². The molecule has 0 spiro atoms. The number of fused-ring (bicyclic) bond motifs is 1. The first-order valence-electron chi connectivity index (χ1n) is 7.42. The Labute approximate surface area is 105 Å². The van der Waals surface area contributed by atoms with Crippen LogP contribution in [0.25, 0.3) is 0 Å². The van der Waals surface area contributed by atoms with Gasteiger partial charge in [-0.1, -0.05) is 12.8 Å². The first kappa shape index (κ1) is 11.9. The molecule has 1 saturated carbocycles. The van der Waals surface area contributed by atoms with Gasteiger partial charge < -0.3 is 10.5 Å². The number of hydrogen-bond donors (Lipinski definition) is 1. The molecule has 0 aromatic carbocycles. The van der Waals surface area contributed by atoms with Crippen LogP contribution in [0.3, 0.4) is 0 Å². The Bertz CT molecular complexity index is 257. The van der Waals surface area contributed by atoms with Crippen LogP contribution in [0.2, 0.25) is 0 Å². The maximum Gasteiger partial charge on any atom is 0.0621 e. The minimum Gasteiger partial charge on any atom is -0.379 e. The van der Waals surface area contributed by atoms with E-state index in [1.165, 1.54) is 51.6 Å². The summed E-state index contributed by atoms with van der Waals surface area (Å²) in [4.78, 5) is 2.74. The predicted octanol–water partition coefficient (Wildman–Crippen LogP) is 1.61. The third-order valence-electron chi connectivity index (χ3n) is 5.07. The maximum absolute atomic E-state index is 6.11. The largest absolute Gasteiger partial charge is 0.379 e. The van der Waals surface area contributed by atoms with E-state index in [-0.39, 0.29) is 6.04 Å². The van der Waals surface area contributed by atoms with Crippen LogP contribution in [0.5, 0.6) is 0 Å². The van der Waals surface area contributed by atoms with Crippen LogP contribution in [0.1, 0.15) is 38.5 Å². The summed E-state index contributed by atoms with van der Waals surface area (Å²) in [7, 11) is 0. The van der Waals surface area contributed by atoms with Crippen molar-refractivity contribution in [1.82, 2.24) is 4.90 Å². The molecule has 4 atom stereocenters. The van der Waals surface area contributed by atoms with Gasteiger partial charge in [-0.3, -0.25) is 4.90 Å². The van der Waals surface area contributed by atoms with Crippen molar-refractivity contribution in [3.05, 3.63) is 0 Å². The Morgan fingerprint density at radius 3 is 2.71 bits per heavy atom. The summed E-state index contributed by atoms with van der Waals surface area (Å²) < 4.78 is 5.50. The lowest BCUT2D eigenvalue weighted by Gasteiger charge is -2.45. The van der Waals surface area contributed by atoms with Crippen molar-refractivity contribution < 1.29 is 4.74 Å². The van der Waals surface area contributed by atoms with Crippen molar-refractivity contribution in [2.75, 3.05) is 26.3 Å². The van der Waals surface area contributed by atoms with Gasteiger partial charge in [-0.25, -0.2) is 0 Å². The first-order valence-corrected chi connectivity index (χ1v) is 7.42. The molecule has 3 fully saturated rings. The zero-order valence-electron chi connectivity index (χ0n) is 10.8. The van der Waals surface area contributed by atoms with Crippen LogP contribution < -0.4 is 5.73 Å². The summed E-state index contributed by atoms with van der Waals surface area (Å²) in [6.45, 7) is 4.13. The Morgan fingerprint density at radius 2 is 1.88 bits per heavy atom. The highest BCUT2D eigenvalue weighted by Gasteiger charge is 2.36. The molecule has 2 aliphatic heterocycles. The van der Waals surface area contributed by atoms with E-state index in [0.29, 0.717) is 5.92 Å². The van der Waals surface area contributed by atoms with E-state index < -0.39 is 0 Å². The minimum absolute atomic E-state index is 0.277. The monoisotopic (exact) mass is 238 g/mol. The molecule has 17 heavy (non-hydrogen) atoms. The van der Waals surface area contributed by atoms with E-state index in [9.17, 15) is 0 Å². The van der Waals surface area contributed by atoms with Gasteiger partial charge in [0.25, 0.3) is 0 Å². The number of ether oxygens (including phenoxy) is 1. The number of hydrogen-bond acceptors (Lipinski definition) is 3. The zero-order valence-corrected chi connectivity index (χ0v) is 10.8. The fraction of sp³-hybridized carbons (Fsp3) is 1.00. The van der Waals surface area contributed by atoms with Crippen LogP contribution in [0.4, 0.5) is 0 Å². The Balaban J connectivity index is 1.61. The maximum atomic E-state index is 6.11. The molecule has 2 heterocycles. The van der Waals surface area contributed by atoms with Gasteiger partial charge in [0.1, 0.15) is 0 Å². The fourth-order valence-electron chi connectivity index (χ4n) is 4.06. The molecule has 2 saturated heterocycles. The SMILES string of the molecule is NC1COCC1CN1CCC[C@H]2CCCC[C@H]21. The fourth-order valence-corrected chi connectivity index (χ4v) is 4.06. The second-order valence-corrected chi connectivity index (χ2v) is 6.21. The van der Waals surface area contributed by atoms with Gasteiger partial charge in [0.05, 0.1) is 13.2 Å². The van der Waals surface area contributed by atoms with Crippen LogP contribution in [-0.2, 0) is 4.74 Å². The first-order chi connectivity index (χ1) is 8.34. The van der Waals surface area contributed by atoms with Crippen molar-refractivity contribution in [3.63, 3.8) is 0 Å². The van der Waals surface area contributed by atoms with Gasteiger partial charge in [-0.2, -0.15) is 0 Å². The second kappa shape index (κ2) is 5.25. The van der Waals surface area contributed by atoms with Crippen molar-refractivity contribution in [2.24, 2.45) is 17.6 Å². The van der Waals surface area contributed by atoms with E-state index in [4.69, 9.17) is 10.5 Å². The van der Waals surface area contributed by atoms with Crippen LogP contribution in [-0.4, -0.2) is 43.3 Å². The molecule has 1 aliphatic carbocycles. The molecule has 0 bridgehead atoms. The summed E-state index contributed by atoms with van der Waals surface area (Å²) in [5, 5.41) is 0. The summed E-state index contributed by atoms with van der Waals surface area (Å²) >= 11 is 0. The molecular formula is C14H26N2O. The van der Waals surface area contributed by atoms with Crippen molar-refractivity contribution in [2.45, 2.75) is 50.6 Å². The molecule has 3 nitrogen and oxygen atoms in total. The van der Waals surface area contributed by atoms with Gasteiger partial charge in [0, 0.05) is 24.5 Å². The van der Waals surface area contributed by atoms with E-state index >= 15 is 0 Å². The van der Waals surface area contributed by atoms with Crippen molar-refractivity contribution >= 4 is 0 Å². The normalized spacial score (nSPS) is 43.6. The topological polar surface area (TPSA) is 38.5 Å². The Morgan fingerprint density at radius 1 is 1.06 bits per heavy atom. The number of piperidine rings is 1. The molecule has 0 aromatic heterocycles. The molecule has 3 heteroatoms. The van der Waals surface area contributed by atoms with E-state index in [1.54, 1.807) is 0 Å². The highest BCUT2D eigenvalue weighted by molar-refractivity contribution is 4.90.